The van der Waals surface area contributed by atoms with Crippen molar-refractivity contribution in [1.29, 1.82) is 0 Å². The van der Waals surface area contributed by atoms with Gasteiger partial charge >= 0.3 is 0 Å². The first-order valence-electron chi connectivity index (χ1n) is 7.68. The Hall–Kier alpha value is -2.35. The van der Waals surface area contributed by atoms with E-state index in [0.717, 1.165) is 11.4 Å². The van der Waals surface area contributed by atoms with Crippen LogP contribution in [0.15, 0.2) is 42.7 Å². The van der Waals surface area contributed by atoms with Crippen molar-refractivity contribution in [2.45, 2.75) is 34.6 Å². The fourth-order valence-electron chi connectivity index (χ4n) is 3.13. The molecule has 0 N–H and O–H groups in total. The number of hydrogen-bond donors (Lipinski definition) is 0. The van der Waals surface area contributed by atoms with Crippen LogP contribution in [-0.4, -0.2) is 9.55 Å². The minimum atomic E-state index is 0.995. The molecule has 0 saturated heterocycles. The third-order valence-corrected chi connectivity index (χ3v) is 4.87. The maximum absolute atomic E-state index is 4.59. The Bertz CT molecular complexity index is 797. The van der Waals surface area contributed by atoms with Gasteiger partial charge in [-0.15, -0.1) is 0 Å². The average Bonchev–Trinajstić information content (AvgIpc) is 3.01. The highest BCUT2D eigenvalue weighted by molar-refractivity contribution is 5.64. The smallest absolute Gasteiger partial charge is 0.144 e. The first-order valence-corrected chi connectivity index (χ1v) is 7.68. The normalized spacial score (nSPS) is 11.0. The molecule has 0 unspecified atom stereocenters. The summed E-state index contributed by atoms with van der Waals surface area (Å²) in [6, 6.07) is 10.4. The van der Waals surface area contributed by atoms with Crippen molar-refractivity contribution in [3.63, 3.8) is 0 Å². The molecule has 0 bridgehead atoms. The van der Waals surface area contributed by atoms with Crippen LogP contribution in [0.4, 0.5) is 0 Å². The number of aromatic nitrogens is 2. The summed E-state index contributed by atoms with van der Waals surface area (Å²) >= 11 is 0. The molecule has 0 aliphatic carbocycles. The van der Waals surface area contributed by atoms with Gasteiger partial charge in [0.05, 0.1) is 5.69 Å². The van der Waals surface area contributed by atoms with Crippen LogP contribution in [-0.2, 0) is 0 Å². The maximum Gasteiger partial charge on any atom is 0.144 e. The predicted molar refractivity (Wildman–Crippen MR) is 92.7 cm³/mol. The quantitative estimate of drug-likeness (QED) is 0.643. The monoisotopic (exact) mass is 290 g/mol. The molecule has 2 heteroatoms. The third-order valence-electron chi connectivity index (χ3n) is 4.87. The Morgan fingerprint density at radius 3 is 1.86 bits per heavy atom. The van der Waals surface area contributed by atoms with Crippen LogP contribution in [0.3, 0.4) is 0 Å². The molecule has 3 rings (SSSR count). The van der Waals surface area contributed by atoms with Gasteiger partial charge in [0, 0.05) is 18.0 Å². The van der Waals surface area contributed by atoms with Crippen molar-refractivity contribution in [3.05, 3.63) is 70.5 Å². The fourth-order valence-corrected chi connectivity index (χ4v) is 3.13. The van der Waals surface area contributed by atoms with Crippen LogP contribution >= 0.6 is 0 Å². The second kappa shape index (κ2) is 5.45. The zero-order valence-electron chi connectivity index (χ0n) is 13.9. The maximum atomic E-state index is 4.59. The number of rotatable bonds is 2. The lowest BCUT2D eigenvalue weighted by Gasteiger charge is -2.20. The molecule has 22 heavy (non-hydrogen) atoms. The van der Waals surface area contributed by atoms with Crippen molar-refractivity contribution in [2.75, 3.05) is 0 Å². The minimum absolute atomic E-state index is 0.995. The molecular weight excluding hydrogens is 268 g/mol. The first-order chi connectivity index (χ1) is 10.5. The summed E-state index contributed by atoms with van der Waals surface area (Å²) in [5.74, 6) is 0.995. The van der Waals surface area contributed by atoms with Gasteiger partial charge in [-0.1, -0.05) is 30.3 Å². The highest BCUT2D eigenvalue weighted by atomic mass is 15.1. The molecule has 0 aliphatic rings. The zero-order chi connectivity index (χ0) is 15.9. The van der Waals surface area contributed by atoms with Crippen molar-refractivity contribution in [1.82, 2.24) is 9.55 Å². The summed E-state index contributed by atoms with van der Waals surface area (Å²) in [6.45, 7) is 11.0. The van der Waals surface area contributed by atoms with Crippen LogP contribution in [0.25, 0.3) is 17.1 Å². The van der Waals surface area contributed by atoms with E-state index in [1.165, 1.54) is 33.5 Å². The number of benzene rings is 2. The van der Waals surface area contributed by atoms with E-state index < -0.39 is 0 Å². The van der Waals surface area contributed by atoms with Gasteiger partial charge < -0.3 is 0 Å². The predicted octanol–water partition coefficient (Wildman–Crippen LogP) is 5.08. The van der Waals surface area contributed by atoms with E-state index in [1.807, 2.05) is 12.3 Å². The van der Waals surface area contributed by atoms with Gasteiger partial charge in [0.25, 0.3) is 0 Å². The Morgan fingerprint density at radius 2 is 1.27 bits per heavy atom. The highest BCUT2D eigenvalue weighted by Crippen LogP contribution is 2.31. The lowest BCUT2D eigenvalue weighted by Crippen LogP contribution is -2.06. The second-order valence-corrected chi connectivity index (χ2v) is 5.96. The lowest BCUT2D eigenvalue weighted by atomic mass is 9.92. The molecule has 0 spiro atoms. The molecule has 1 heterocycles. The Balaban J connectivity index is 2.29. The number of hydrogen-bond acceptors (Lipinski definition) is 1. The SMILES string of the molecule is Cc1c(C)c(C)c(-n2ccnc2-c2ccccc2)c(C)c1C. The molecule has 1 aromatic heterocycles. The highest BCUT2D eigenvalue weighted by Gasteiger charge is 2.16. The van der Waals surface area contributed by atoms with E-state index in [4.69, 9.17) is 0 Å². The van der Waals surface area contributed by atoms with E-state index in [-0.39, 0.29) is 0 Å². The zero-order valence-corrected chi connectivity index (χ0v) is 13.9. The summed E-state index contributed by atoms with van der Waals surface area (Å²) in [7, 11) is 0. The van der Waals surface area contributed by atoms with Crippen molar-refractivity contribution in [2.24, 2.45) is 0 Å². The van der Waals surface area contributed by atoms with Gasteiger partial charge in [0.15, 0.2) is 0 Å². The molecule has 0 radical (unpaired) electrons. The Labute approximate surface area is 132 Å². The molecule has 0 amide bonds. The fraction of sp³-hybridized carbons (Fsp3) is 0.250. The van der Waals surface area contributed by atoms with E-state index in [9.17, 15) is 0 Å². The van der Waals surface area contributed by atoms with Crippen LogP contribution in [0.5, 0.6) is 0 Å². The molecular formula is C20H22N2. The lowest BCUT2D eigenvalue weighted by molar-refractivity contribution is 1.01. The minimum Gasteiger partial charge on any atom is -0.299 e. The molecule has 0 atom stereocenters. The average molecular weight is 290 g/mol. The number of imidazole rings is 1. The van der Waals surface area contributed by atoms with Crippen molar-refractivity contribution in [3.8, 4) is 17.1 Å². The Morgan fingerprint density at radius 1 is 0.727 bits per heavy atom. The van der Waals surface area contributed by atoms with Gasteiger partial charge in [0.2, 0.25) is 0 Å². The first kappa shape index (κ1) is 14.6. The summed E-state index contributed by atoms with van der Waals surface area (Å²) in [5, 5.41) is 0. The Kier molecular flexibility index (Phi) is 3.61. The van der Waals surface area contributed by atoms with Crippen molar-refractivity contribution >= 4 is 0 Å². The van der Waals surface area contributed by atoms with Crippen LogP contribution in [0.1, 0.15) is 27.8 Å². The standard InChI is InChI=1S/C20H22N2/c1-13-14(2)16(4)19(17(5)15(13)3)22-12-11-21-20(22)18-9-7-6-8-10-18/h6-12H,1-5H3. The van der Waals surface area contributed by atoms with E-state index in [2.05, 4.69) is 74.6 Å². The van der Waals surface area contributed by atoms with Gasteiger partial charge in [-0.2, -0.15) is 0 Å². The molecule has 3 aromatic rings. The molecule has 2 nitrogen and oxygen atoms in total. The topological polar surface area (TPSA) is 17.8 Å². The summed E-state index contributed by atoms with van der Waals surface area (Å²) in [4.78, 5) is 4.59. The van der Waals surface area contributed by atoms with E-state index >= 15 is 0 Å². The van der Waals surface area contributed by atoms with Gasteiger partial charge in [-0.25, -0.2) is 4.98 Å². The molecule has 0 fully saturated rings. The van der Waals surface area contributed by atoms with E-state index in [0.29, 0.717) is 0 Å². The molecule has 112 valence electrons. The summed E-state index contributed by atoms with van der Waals surface area (Å²) in [6.07, 6.45) is 3.94. The number of nitrogens with zero attached hydrogens (tertiary/aromatic N) is 2. The van der Waals surface area contributed by atoms with Crippen molar-refractivity contribution < 1.29 is 0 Å². The molecule has 0 aliphatic heterocycles. The largest absolute Gasteiger partial charge is 0.299 e. The van der Waals surface area contributed by atoms with Crippen LogP contribution < -0.4 is 0 Å². The van der Waals surface area contributed by atoms with Gasteiger partial charge in [-0.3, -0.25) is 4.57 Å². The van der Waals surface area contributed by atoms with Gasteiger partial charge in [0.1, 0.15) is 5.82 Å². The van der Waals surface area contributed by atoms with Gasteiger partial charge in [-0.05, 0) is 62.4 Å². The summed E-state index contributed by atoms with van der Waals surface area (Å²) < 4.78 is 2.22. The molecule has 0 saturated carbocycles. The molecule has 2 aromatic carbocycles. The van der Waals surface area contributed by atoms with E-state index in [1.54, 1.807) is 0 Å². The second-order valence-electron chi connectivity index (χ2n) is 5.96. The summed E-state index contributed by atoms with van der Waals surface area (Å²) in [5.41, 5.74) is 9.18. The third kappa shape index (κ3) is 2.16. The van der Waals surface area contributed by atoms with Crippen LogP contribution in [0.2, 0.25) is 0 Å². The van der Waals surface area contributed by atoms with Crippen LogP contribution in [0, 0.1) is 34.6 Å².